The van der Waals surface area contributed by atoms with Crippen LogP contribution in [0.3, 0.4) is 0 Å². The van der Waals surface area contributed by atoms with Gasteiger partial charge in [-0.2, -0.15) is 4.98 Å². The fraction of sp³-hybridized carbons (Fsp3) is 0.769. The Labute approximate surface area is 113 Å². The molecule has 1 aromatic rings. The lowest BCUT2D eigenvalue weighted by Crippen LogP contribution is -2.48. The lowest BCUT2D eigenvalue weighted by molar-refractivity contribution is -0.123. The molecule has 2 N–H and O–H groups in total. The van der Waals surface area contributed by atoms with Gasteiger partial charge >= 0.3 is 0 Å². The summed E-state index contributed by atoms with van der Waals surface area (Å²) in [5.74, 6) is 1.08. The molecule has 1 fully saturated rings. The summed E-state index contributed by atoms with van der Waals surface area (Å²) in [4.78, 5) is 16.1. The molecule has 0 atom stereocenters. The summed E-state index contributed by atoms with van der Waals surface area (Å²) >= 11 is 0. The summed E-state index contributed by atoms with van der Waals surface area (Å²) < 4.78 is 4.86. The predicted octanol–water partition coefficient (Wildman–Crippen LogP) is 1.31. The Bertz CT molecular complexity index is 424. The van der Waals surface area contributed by atoms with Crippen LogP contribution >= 0.6 is 0 Å². The number of aromatic nitrogens is 2. The minimum absolute atomic E-state index is 0.0322. The molecule has 1 saturated carbocycles. The molecular formula is C13H22N4O2. The van der Waals surface area contributed by atoms with Crippen molar-refractivity contribution < 1.29 is 9.32 Å². The lowest BCUT2D eigenvalue weighted by Gasteiger charge is -2.36. The average Bonchev–Trinajstić information content (AvgIpc) is 2.83. The van der Waals surface area contributed by atoms with Crippen molar-refractivity contribution in [3.05, 3.63) is 11.7 Å². The zero-order chi connectivity index (χ0) is 13.7. The Morgan fingerprint density at radius 3 is 2.68 bits per heavy atom. The highest BCUT2D eigenvalue weighted by molar-refractivity contribution is 5.77. The monoisotopic (exact) mass is 266 g/mol. The van der Waals surface area contributed by atoms with Crippen LogP contribution in [-0.4, -0.2) is 28.6 Å². The number of nitrogens with zero attached hydrogens (tertiary/aromatic N) is 2. The van der Waals surface area contributed by atoms with Crippen LogP contribution < -0.4 is 10.6 Å². The molecule has 0 spiro atoms. The Hall–Kier alpha value is -1.43. The van der Waals surface area contributed by atoms with Crippen molar-refractivity contribution in [2.75, 3.05) is 7.05 Å². The van der Waals surface area contributed by atoms with Crippen molar-refractivity contribution in [3.63, 3.8) is 0 Å². The van der Waals surface area contributed by atoms with E-state index in [1.165, 1.54) is 19.3 Å². The van der Waals surface area contributed by atoms with Gasteiger partial charge in [-0.25, -0.2) is 0 Å². The van der Waals surface area contributed by atoms with E-state index >= 15 is 0 Å². The molecule has 106 valence electrons. The average molecular weight is 266 g/mol. The standard InChI is InChI=1S/C13H22N4O2/c1-10-16-11(17-19-10)9-15-12(18)8-13(14-2)6-4-3-5-7-13/h14H,3-9H2,1-2H3,(H,15,18). The smallest absolute Gasteiger partial charge is 0.223 e. The first-order chi connectivity index (χ1) is 9.13. The number of amides is 1. The number of carbonyl (C=O) groups is 1. The Balaban J connectivity index is 1.82. The van der Waals surface area contributed by atoms with E-state index in [1.807, 2.05) is 7.05 Å². The van der Waals surface area contributed by atoms with Crippen LogP contribution in [0.1, 0.15) is 50.2 Å². The van der Waals surface area contributed by atoms with Crippen LogP contribution in [-0.2, 0) is 11.3 Å². The molecule has 0 radical (unpaired) electrons. The van der Waals surface area contributed by atoms with Crippen molar-refractivity contribution in [3.8, 4) is 0 Å². The summed E-state index contributed by atoms with van der Waals surface area (Å²) in [5.41, 5.74) is -0.0322. The topological polar surface area (TPSA) is 80.0 Å². The van der Waals surface area contributed by atoms with Gasteiger partial charge < -0.3 is 15.2 Å². The molecule has 6 nitrogen and oxygen atoms in total. The highest BCUT2D eigenvalue weighted by Crippen LogP contribution is 2.30. The number of hydrogen-bond donors (Lipinski definition) is 2. The van der Waals surface area contributed by atoms with E-state index in [4.69, 9.17) is 4.52 Å². The van der Waals surface area contributed by atoms with Gasteiger partial charge in [-0.1, -0.05) is 24.4 Å². The van der Waals surface area contributed by atoms with Crippen molar-refractivity contribution in [2.24, 2.45) is 0 Å². The molecule has 0 bridgehead atoms. The molecule has 1 aliphatic carbocycles. The highest BCUT2D eigenvalue weighted by atomic mass is 16.5. The predicted molar refractivity (Wildman–Crippen MR) is 70.4 cm³/mol. The second-order valence-electron chi connectivity index (χ2n) is 5.27. The molecule has 2 rings (SSSR count). The van der Waals surface area contributed by atoms with Gasteiger partial charge in [-0.15, -0.1) is 0 Å². The van der Waals surface area contributed by atoms with Gasteiger partial charge in [0.05, 0.1) is 6.54 Å². The molecule has 0 aromatic carbocycles. The Morgan fingerprint density at radius 1 is 1.37 bits per heavy atom. The van der Waals surface area contributed by atoms with E-state index in [0.29, 0.717) is 24.7 Å². The first-order valence-electron chi connectivity index (χ1n) is 6.88. The van der Waals surface area contributed by atoms with Crippen molar-refractivity contribution in [2.45, 2.75) is 57.5 Å². The van der Waals surface area contributed by atoms with Gasteiger partial charge in [-0.3, -0.25) is 4.79 Å². The number of nitrogens with one attached hydrogen (secondary N) is 2. The fourth-order valence-corrected chi connectivity index (χ4v) is 2.70. The molecule has 0 saturated heterocycles. The number of hydrogen-bond acceptors (Lipinski definition) is 5. The van der Waals surface area contributed by atoms with Gasteiger partial charge in [0.15, 0.2) is 5.82 Å². The maximum absolute atomic E-state index is 12.0. The molecule has 1 heterocycles. The Morgan fingerprint density at radius 2 is 2.11 bits per heavy atom. The third-order valence-corrected chi connectivity index (χ3v) is 3.85. The summed E-state index contributed by atoms with van der Waals surface area (Å²) in [6, 6.07) is 0. The molecule has 19 heavy (non-hydrogen) atoms. The van der Waals surface area contributed by atoms with E-state index in [2.05, 4.69) is 20.8 Å². The van der Waals surface area contributed by atoms with Gasteiger partial charge in [0, 0.05) is 18.9 Å². The zero-order valence-electron chi connectivity index (χ0n) is 11.7. The van der Waals surface area contributed by atoms with Gasteiger partial charge in [-0.05, 0) is 19.9 Å². The fourth-order valence-electron chi connectivity index (χ4n) is 2.70. The highest BCUT2D eigenvalue weighted by Gasteiger charge is 2.32. The maximum Gasteiger partial charge on any atom is 0.223 e. The van der Waals surface area contributed by atoms with Crippen LogP contribution in [0.5, 0.6) is 0 Å². The minimum atomic E-state index is -0.0322. The molecule has 0 aliphatic heterocycles. The van der Waals surface area contributed by atoms with E-state index in [9.17, 15) is 4.79 Å². The van der Waals surface area contributed by atoms with Crippen molar-refractivity contribution >= 4 is 5.91 Å². The normalized spacial score (nSPS) is 18.2. The first kappa shape index (κ1) is 14.0. The SMILES string of the molecule is CNC1(CC(=O)NCc2noc(C)n2)CCCCC1. The third-order valence-electron chi connectivity index (χ3n) is 3.85. The second kappa shape index (κ2) is 6.14. The third kappa shape index (κ3) is 3.76. The first-order valence-corrected chi connectivity index (χ1v) is 6.88. The molecular weight excluding hydrogens is 244 g/mol. The minimum Gasteiger partial charge on any atom is -0.349 e. The van der Waals surface area contributed by atoms with Crippen LogP contribution in [0, 0.1) is 6.92 Å². The summed E-state index contributed by atoms with van der Waals surface area (Å²) in [7, 11) is 1.95. The van der Waals surface area contributed by atoms with E-state index in [0.717, 1.165) is 12.8 Å². The number of carbonyl (C=O) groups excluding carboxylic acids is 1. The summed E-state index contributed by atoms with van der Waals surface area (Å²) in [5, 5.41) is 9.95. The summed E-state index contributed by atoms with van der Waals surface area (Å²) in [6.07, 6.45) is 6.31. The van der Waals surface area contributed by atoms with Gasteiger partial charge in [0.2, 0.25) is 11.8 Å². The van der Waals surface area contributed by atoms with Crippen LogP contribution in [0.2, 0.25) is 0 Å². The number of rotatable bonds is 5. The van der Waals surface area contributed by atoms with Crippen LogP contribution in [0.15, 0.2) is 4.52 Å². The van der Waals surface area contributed by atoms with Crippen molar-refractivity contribution in [1.29, 1.82) is 0 Å². The van der Waals surface area contributed by atoms with Crippen molar-refractivity contribution in [1.82, 2.24) is 20.8 Å². The van der Waals surface area contributed by atoms with E-state index in [-0.39, 0.29) is 11.4 Å². The van der Waals surface area contributed by atoms with Crippen LogP contribution in [0.25, 0.3) is 0 Å². The molecule has 1 aliphatic rings. The second-order valence-corrected chi connectivity index (χ2v) is 5.27. The number of aryl methyl sites for hydroxylation is 1. The Kier molecular flexibility index (Phi) is 4.52. The zero-order valence-corrected chi connectivity index (χ0v) is 11.7. The summed E-state index contributed by atoms with van der Waals surface area (Å²) in [6.45, 7) is 2.06. The van der Waals surface area contributed by atoms with E-state index < -0.39 is 0 Å². The molecule has 0 unspecified atom stereocenters. The van der Waals surface area contributed by atoms with Gasteiger partial charge in [0.25, 0.3) is 0 Å². The lowest BCUT2D eigenvalue weighted by atomic mass is 9.79. The van der Waals surface area contributed by atoms with Crippen LogP contribution in [0.4, 0.5) is 0 Å². The largest absolute Gasteiger partial charge is 0.349 e. The molecule has 1 aromatic heterocycles. The van der Waals surface area contributed by atoms with Gasteiger partial charge in [0.1, 0.15) is 0 Å². The molecule has 6 heteroatoms. The van der Waals surface area contributed by atoms with E-state index in [1.54, 1.807) is 6.92 Å². The quantitative estimate of drug-likeness (QED) is 0.840. The molecule has 1 amide bonds. The maximum atomic E-state index is 12.0.